The van der Waals surface area contributed by atoms with Gasteiger partial charge in [0.25, 0.3) is 0 Å². The number of hydrogen-bond acceptors (Lipinski definition) is 4. The van der Waals surface area contributed by atoms with Crippen LogP contribution in [0.4, 0.5) is 5.69 Å². The molecule has 0 aliphatic carbocycles. The fourth-order valence-electron chi connectivity index (χ4n) is 2.32. The van der Waals surface area contributed by atoms with Gasteiger partial charge < -0.3 is 4.31 Å². The van der Waals surface area contributed by atoms with Crippen molar-refractivity contribution in [1.82, 2.24) is 0 Å². The van der Waals surface area contributed by atoms with Crippen molar-refractivity contribution in [1.29, 1.82) is 0 Å². The van der Waals surface area contributed by atoms with Crippen molar-refractivity contribution >= 4 is 39.1 Å². The molecular formula is C17H16ClNO2S2. The second-order valence-corrected chi connectivity index (χ2v) is 8.85. The van der Waals surface area contributed by atoms with Crippen LogP contribution in [0.1, 0.15) is 5.56 Å². The first-order valence-electron chi connectivity index (χ1n) is 7.13. The van der Waals surface area contributed by atoms with Gasteiger partial charge in [-0.15, -0.1) is 0 Å². The number of aryl methyl sites for hydroxylation is 1. The van der Waals surface area contributed by atoms with Crippen molar-refractivity contribution in [2.45, 2.75) is 17.9 Å². The molecule has 3 rings (SSSR count). The van der Waals surface area contributed by atoms with Crippen LogP contribution < -0.4 is 4.31 Å². The maximum atomic E-state index is 11.8. The Bertz CT molecular complexity index is 815. The quantitative estimate of drug-likeness (QED) is 0.749. The third-order valence-corrected chi connectivity index (χ3v) is 6.31. The fourth-order valence-corrected chi connectivity index (χ4v) is 4.80. The molecule has 0 spiro atoms. The molecule has 0 fully saturated rings. The van der Waals surface area contributed by atoms with E-state index < -0.39 is 9.84 Å². The van der Waals surface area contributed by atoms with Crippen molar-refractivity contribution < 1.29 is 8.42 Å². The predicted molar refractivity (Wildman–Crippen MR) is 97.7 cm³/mol. The fraction of sp³-hybridized carbons (Fsp3) is 0.176. The summed E-state index contributed by atoms with van der Waals surface area (Å²) in [6.07, 6.45) is 1.75. The molecule has 0 aromatic heterocycles. The minimum atomic E-state index is -3.11. The molecule has 3 nitrogen and oxygen atoms in total. The number of hydrogen-bond donors (Lipinski definition) is 0. The summed E-state index contributed by atoms with van der Waals surface area (Å²) in [6.45, 7) is 2.03. The first kappa shape index (κ1) is 16.4. The molecule has 0 radical (unpaired) electrons. The standard InChI is InChI=1S/C17H16ClNO2S2/c1-13-2-6-15(7-3-13)19(16-10-11-23(20,21)12-16)22-17-8-4-14(18)5-9-17/h2-11,16H,12H2,1H3/t16-/m1/s1. The highest BCUT2D eigenvalue weighted by molar-refractivity contribution is 8.01. The van der Waals surface area contributed by atoms with E-state index in [0.717, 1.165) is 10.6 Å². The SMILES string of the molecule is Cc1ccc(N(Sc2ccc(Cl)cc2)[C@@H]2C=CS(=O)(=O)C2)cc1. The molecule has 6 heteroatoms. The van der Waals surface area contributed by atoms with E-state index in [2.05, 4.69) is 0 Å². The van der Waals surface area contributed by atoms with Crippen LogP contribution in [0, 0.1) is 6.92 Å². The summed E-state index contributed by atoms with van der Waals surface area (Å²) in [6, 6.07) is 15.4. The average molecular weight is 366 g/mol. The normalized spacial score (nSPS) is 19.0. The Kier molecular flexibility index (Phi) is 4.71. The lowest BCUT2D eigenvalue weighted by molar-refractivity contribution is 0.604. The third-order valence-electron chi connectivity index (χ3n) is 3.52. The molecule has 2 aromatic rings. The van der Waals surface area contributed by atoms with Crippen molar-refractivity contribution in [2.24, 2.45) is 0 Å². The van der Waals surface area contributed by atoms with Crippen molar-refractivity contribution in [2.75, 3.05) is 10.1 Å². The van der Waals surface area contributed by atoms with Gasteiger partial charge in [0.05, 0.1) is 11.8 Å². The summed E-state index contributed by atoms with van der Waals surface area (Å²) >= 11 is 7.45. The van der Waals surface area contributed by atoms with Crippen LogP contribution in [-0.2, 0) is 9.84 Å². The number of rotatable bonds is 4. The lowest BCUT2D eigenvalue weighted by atomic mass is 10.2. The molecular weight excluding hydrogens is 350 g/mol. The van der Waals surface area contributed by atoms with E-state index in [0.29, 0.717) is 5.02 Å². The van der Waals surface area contributed by atoms with Gasteiger partial charge in [0.15, 0.2) is 9.84 Å². The van der Waals surface area contributed by atoms with Crippen LogP contribution in [0.15, 0.2) is 64.9 Å². The Morgan fingerprint density at radius 3 is 2.30 bits per heavy atom. The number of sulfone groups is 1. The molecule has 2 aromatic carbocycles. The predicted octanol–water partition coefficient (Wildman–Crippen LogP) is 4.47. The Balaban J connectivity index is 1.91. The minimum absolute atomic E-state index is 0.0987. The molecule has 120 valence electrons. The number of nitrogens with zero attached hydrogens (tertiary/aromatic N) is 1. The Hall–Kier alpha value is -1.43. The third kappa shape index (κ3) is 4.10. The zero-order chi connectivity index (χ0) is 16.4. The van der Waals surface area contributed by atoms with E-state index >= 15 is 0 Å². The highest BCUT2D eigenvalue weighted by Gasteiger charge is 2.28. The lowest BCUT2D eigenvalue weighted by Crippen LogP contribution is -2.30. The summed E-state index contributed by atoms with van der Waals surface area (Å²) in [5, 5.41) is 1.99. The first-order valence-corrected chi connectivity index (χ1v) is 10.00. The molecule has 1 aliphatic heterocycles. The van der Waals surface area contributed by atoms with Gasteiger partial charge in [0.2, 0.25) is 0 Å². The van der Waals surface area contributed by atoms with Gasteiger partial charge in [-0.1, -0.05) is 29.3 Å². The smallest absolute Gasteiger partial charge is 0.173 e. The summed E-state index contributed by atoms with van der Waals surface area (Å²) in [7, 11) is -3.11. The summed E-state index contributed by atoms with van der Waals surface area (Å²) in [4.78, 5) is 1.01. The second kappa shape index (κ2) is 6.59. The van der Waals surface area contributed by atoms with E-state index in [9.17, 15) is 8.42 Å². The Morgan fingerprint density at radius 2 is 1.74 bits per heavy atom. The molecule has 0 saturated heterocycles. The van der Waals surface area contributed by atoms with Gasteiger partial charge >= 0.3 is 0 Å². The van der Waals surface area contributed by atoms with Crippen LogP contribution in [-0.4, -0.2) is 20.2 Å². The van der Waals surface area contributed by atoms with Crippen molar-refractivity contribution in [3.8, 4) is 0 Å². The van der Waals surface area contributed by atoms with Gasteiger partial charge in [0, 0.05) is 21.0 Å². The first-order chi connectivity index (χ1) is 10.9. The van der Waals surface area contributed by atoms with Gasteiger partial charge in [-0.25, -0.2) is 8.42 Å². The van der Waals surface area contributed by atoms with Crippen LogP contribution in [0.3, 0.4) is 0 Å². The van der Waals surface area contributed by atoms with Gasteiger partial charge in [-0.3, -0.25) is 0 Å². The van der Waals surface area contributed by atoms with Crippen molar-refractivity contribution in [3.05, 3.63) is 70.6 Å². The topological polar surface area (TPSA) is 37.4 Å². The molecule has 1 heterocycles. The maximum Gasteiger partial charge on any atom is 0.173 e. The summed E-state index contributed by atoms with van der Waals surface area (Å²) in [5.74, 6) is 0.0987. The maximum absolute atomic E-state index is 11.8. The van der Waals surface area contributed by atoms with Crippen LogP contribution in [0.5, 0.6) is 0 Å². The van der Waals surface area contributed by atoms with Gasteiger partial charge in [-0.05, 0) is 61.3 Å². The Morgan fingerprint density at radius 1 is 1.09 bits per heavy atom. The van der Waals surface area contributed by atoms with Crippen LogP contribution in [0.2, 0.25) is 5.02 Å². The van der Waals surface area contributed by atoms with E-state index in [4.69, 9.17) is 11.6 Å². The monoisotopic (exact) mass is 365 g/mol. The van der Waals surface area contributed by atoms with Crippen LogP contribution >= 0.6 is 23.5 Å². The molecule has 23 heavy (non-hydrogen) atoms. The van der Waals surface area contributed by atoms with E-state index in [1.165, 1.54) is 22.9 Å². The molecule has 1 atom stereocenters. The molecule has 0 N–H and O–H groups in total. The number of benzene rings is 2. The summed E-state index contributed by atoms with van der Waals surface area (Å²) < 4.78 is 25.6. The van der Waals surface area contributed by atoms with Gasteiger partial charge in [0.1, 0.15) is 0 Å². The Labute approximate surface area is 146 Å². The van der Waals surface area contributed by atoms with Crippen molar-refractivity contribution in [3.63, 3.8) is 0 Å². The molecule has 0 bridgehead atoms. The minimum Gasteiger partial charge on any atom is -0.304 e. The molecule has 1 aliphatic rings. The number of anilines is 1. The molecule has 0 amide bonds. The van der Waals surface area contributed by atoms with E-state index in [-0.39, 0.29) is 11.8 Å². The zero-order valence-electron chi connectivity index (χ0n) is 12.5. The highest BCUT2D eigenvalue weighted by atomic mass is 35.5. The van der Waals surface area contributed by atoms with E-state index in [1.54, 1.807) is 6.08 Å². The largest absolute Gasteiger partial charge is 0.304 e. The van der Waals surface area contributed by atoms with E-state index in [1.807, 2.05) is 59.8 Å². The number of halogens is 1. The second-order valence-electron chi connectivity index (χ2n) is 5.43. The van der Waals surface area contributed by atoms with Gasteiger partial charge in [-0.2, -0.15) is 0 Å². The summed E-state index contributed by atoms with van der Waals surface area (Å²) in [5.41, 5.74) is 2.14. The lowest BCUT2D eigenvalue weighted by Gasteiger charge is -2.28. The van der Waals surface area contributed by atoms with Crippen LogP contribution in [0.25, 0.3) is 0 Å². The molecule has 0 unspecified atom stereocenters. The molecule has 0 saturated carbocycles. The zero-order valence-corrected chi connectivity index (χ0v) is 14.9. The highest BCUT2D eigenvalue weighted by Crippen LogP contribution is 2.34. The average Bonchev–Trinajstić information content (AvgIpc) is 2.88.